The summed E-state index contributed by atoms with van der Waals surface area (Å²) >= 11 is 10.6. The molecule has 0 rings (SSSR count). The molecule has 2 unspecified atom stereocenters. The monoisotopic (exact) mass is 222 g/mol. The molecular weight excluding hydrogens is 211 g/mol. The largest absolute Gasteiger partial charge is 0.281 e. The molecule has 2 atom stereocenters. The van der Waals surface area contributed by atoms with Crippen LogP contribution >= 0.6 is 23.2 Å². The lowest BCUT2D eigenvalue weighted by Crippen LogP contribution is -2.22. The van der Waals surface area contributed by atoms with Gasteiger partial charge in [0.1, 0.15) is 0 Å². The van der Waals surface area contributed by atoms with Gasteiger partial charge < -0.3 is 0 Å². The highest BCUT2D eigenvalue weighted by molar-refractivity contribution is 6.66. The Bertz CT molecular complexity index is 224. The lowest BCUT2D eigenvalue weighted by Gasteiger charge is -2.14. The third-order valence-electron chi connectivity index (χ3n) is 1.88. The van der Waals surface area contributed by atoms with Crippen molar-refractivity contribution in [1.82, 2.24) is 0 Å². The maximum atomic E-state index is 10.9. The lowest BCUT2D eigenvalue weighted by atomic mass is 9.93. The van der Waals surface area contributed by atoms with Crippen molar-refractivity contribution in [2.75, 3.05) is 0 Å². The highest BCUT2D eigenvalue weighted by Gasteiger charge is 2.26. The van der Waals surface area contributed by atoms with Crippen LogP contribution in [0.15, 0.2) is 12.2 Å². The minimum Gasteiger partial charge on any atom is -0.281 e. The van der Waals surface area contributed by atoms with E-state index in [2.05, 4.69) is 0 Å². The molecule has 0 aromatic heterocycles. The second-order valence-corrected chi connectivity index (χ2v) is 3.55. The third kappa shape index (κ3) is 4.44. The molecule has 2 nitrogen and oxygen atoms in total. The van der Waals surface area contributed by atoms with Gasteiger partial charge in [0.2, 0.25) is 10.5 Å². The molecule has 0 aliphatic rings. The fraction of sp³-hybridized carbons (Fsp3) is 0.556. The summed E-state index contributed by atoms with van der Waals surface area (Å²) in [7, 11) is 0. The van der Waals surface area contributed by atoms with E-state index in [1.54, 1.807) is 19.1 Å². The van der Waals surface area contributed by atoms with E-state index in [1.807, 2.05) is 6.92 Å². The maximum absolute atomic E-state index is 10.9. The van der Waals surface area contributed by atoms with E-state index in [1.165, 1.54) is 0 Å². The molecule has 0 aromatic carbocycles. The molecular formula is C9H12Cl2O2. The van der Waals surface area contributed by atoms with Crippen molar-refractivity contribution in [1.29, 1.82) is 0 Å². The number of hydrogen-bond donors (Lipinski definition) is 0. The van der Waals surface area contributed by atoms with Crippen molar-refractivity contribution in [2.45, 2.75) is 20.3 Å². The SMILES string of the molecule is CC=CCC(C(=O)Cl)C(C)C(=O)Cl. The van der Waals surface area contributed by atoms with Crippen LogP contribution in [0.3, 0.4) is 0 Å². The Morgan fingerprint density at radius 3 is 2.15 bits per heavy atom. The number of halogens is 2. The van der Waals surface area contributed by atoms with Crippen LogP contribution in [0.2, 0.25) is 0 Å². The van der Waals surface area contributed by atoms with Gasteiger partial charge in [0, 0.05) is 11.8 Å². The van der Waals surface area contributed by atoms with Crippen LogP contribution in [0, 0.1) is 11.8 Å². The minimum atomic E-state index is -0.525. The van der Waals surface area contributed by atoms with Crippen molar-refractivity contribution in [3.8, 4) is 0 Å². The summed E-state index contributed by atoms with van der Waals surface area (Å²) in [5, 5.41) is -1.04. The summed E-state index contributed by atoms with van der Waals surface area (Å²) < 4.78 is 0. The second kappa shape index (κ2) is 6.17. The predicted molar refractivity (Wildman–Crippen MR) is 53.8 cm³/mol. The van der Waals surface area contributed by atoms with E-state index in [0.29, 0.717) is 6.42 Å². The Morgan fingerprint density at radius 1 is 1.31 bits per heavy atom. The van der Waals surface area contributed by atoms with Gasteiger partial charge in [-0.3, -0.25) is 9.59 Å². The molecule has 4 heteroatoms. The van der Waals surface area contributed by atoms with Crippen LogP contribution in [0.25, 0.3) is 0 Å². The van der Waals surface area contributed by atoms with E-state index < -0.39 is 22.3 Å². The molecule has 0 aliphatic heterocycles. The highest BCUT2D eigenvalue weighted by Crippen LogP contribution is 2.21. The van der Waals surface area contributed by atoms with Crippen LogP contribution in [-0.4, -0.2) is 10.5 Å². The lowest BCUT2D eigenvalue weighted by molar-refractivity contribution is -0.123. The summed E-state index contributed by atoms with van der Waals surface area (Å²) in [6.07, 6.45) is 4.05. The Labute approximate surface area is 87.9 Å². The van der Waals surface area contributed by atoms with Gasteiger partial charge in [-0.25, -0.2) is 0 Å². The molecule has 13 heavy (non-hydrogen) atoms. The molecule has 0 N–H and O–H groups in total. The Balaban J connectivity index is 4.41. The van der Waals surface area contributed by atoms with E-state index in [0.717, 1.165) is 0 Å². The third-order valence-corrected chi connectivity index (χ3v) is 2.50. The van der Waals surface area contributed by atoms with Gasteiger partial charge in [0.25, 0.3) is 0 Å². The zero-order chi connectivity index (χ0) is 10.4. The van der Waals surface area contributed by atoms with Crippen molar-refractivity contribution in [3.05, 3.63) is 12.2 Å². The molecule has 0 spiro atoms. The first-order chi connectivity index (χ1) is 6.00. The molecule has 0 fully saturated rings. The van der Waals surface area contributed by atoms with E-state index in [-0.39, 0.29) is 0 Å². The first-order valence-electron chi connectivity index (χ1n) is 4.00. The van der Waals surface area contributed by atoms with E-state index >= 15 is 0 Å². The molecule has 0 bridgehead atoms. The van der Waals surface area contributed by atoms with Crippen molar-refractivity contribution < 1.29 is 9.59 Å². The van der Waals surface area contributed by atoms with Crippen LogP contribution in [0.1, 0.15) is 20.3 Å². The van der Waals surface area contributed by atoms with Gasteiger partial charge in [0.15, 0.2) is 0 Å². The van der Waals surface area contributed by atoms with Gasteiger partial charge in [-0.2, -0.15) is 0 Å². The van der Waals surface area contributed by atoms with Crippen LogP contribution < -0.4 is 0 Å². The minimum absolute atomic E-state index is 0.457. The van der Waals surface area contributed by atoms with Crippen molar-refractivity contribution in [2.24, 2.45) is 11.8 Å². The quantitative estimate of drug-likeness (QED) is 0.530. The molecule has 74 valence electrons. The number of carbonyl (C=O) groups is 2. The molecule has 0 radical (unpaired) electrons. The molecule has 0 aromatic rings. The Kier molecular flexibility index (Phi) is 6.00. The van der Waals surface area contributed by atoms with Gasteiger partial charge >= 0.3 is 0 Å². The van der Waals surface area contributed by atoms with Gasteiger partial charge in [-0.15, -0.1) is 0 Å². The van der Waals surface area contributed by atoms with Crippen LogP contribution in [0.5, 0.6) is 0 Å². The average molecular weight is 223 g/mol. The smallest absolute Gasteiger partial charge is 0.225 e. The molecule has 0 aliphatic carbocycles. The topological polar surface area (TPSA) is 34.1 Å². The maximum Gasteiger partial charge on any atom is 0.225 e. The molecule has 0 heterocycles. The van der Waals surface area contributed by atoms with Gasteiger partial charge in [0.05, 0.1) is 0 Å². The van der Waals surface area contributed by atoms with E-state index in [9.17, 15) is 9.59 Å². The number of carbonyl (C=O) groups excluding carboxylic acids is 2. The first-order valence-corrected chi connectivity index (χ1v) is 4.76. The van der Waals surface area contributed by atoms with Gasteiger partial charge in [-0.1, -0.05) is 19.1 Å². The Morgan fingerprint density at radius 2 is 1.85 bits per heavy atom. The molecule has 0 saturated carbocycles. The summed E-state index contributed by atoms with van der Waals surface area (Å²) in [6, 6.07) is 0. The normalized spacial score (nSPS) is 15.7. The number of allylic oxidation sites excluding steroid dienone is 2. The van der Waals surface area contributed by atoms with E-state index in [4.69, 9.17) is 23.2 Å². The summed E-state index contributed by atoms with van der Waals surface area (Å²) in [5.74, 6) is -1.04. The summed E-state index contributed by atoms with van der Waals surface area (Å²) in [5.41, 5.74) is 0. The average Bonchev–Trinajstić information content (AvgIpc) is 2.04. The fourth-order valence-electron chi connectivity index (χ4n) is 0.934. The van der Waals surface area contributed by atoms with Crippen LogP contribution in [0.4, 0.5) is 0 Å². The zero-order valence-corrected chi connectivity index (χ0v) is 9.10. The molecule has 0 saturated heterocycles. The Hall–Kier alpha value is -0.340. The highest BCUT2D eigenvalue weighted by atomic mass is 35.5. The first kappa shape index (κ1) is 12.7. The molecule has 0 amide bonds. The summed E-state index contributed by atoms with van der Waals surface area (Å²) in [4.78, 5) is 21.7. The predicted octanol–water partition coefficient (Wildman–Crippen LogP) is 2.74. The second-order valence-electron chi connectivity index (χ2n) is 2.81. The number of hydrogen-bond acceptors (Lipinski definition) is 2. The van der Waals surface area contributed by atoms with Crippen molar-refractivity contribution >= 4 is 33.7 Å². The van der Waals surface area contributed by atoms with Crippen molar-refractivity contribution in [3.63, 3.8) is 0 Å². The van der Waals surface area contributed by atoms with Crippen LogP contribution in [-0.2, 0) is 9.59 Å². The standard InChI is InChI=1S/C9H12Cl2O2/c1-3-4-5-7(9(11)13)6(2)8(10)12/h3-4,6-7H,5H2,1-2H3. The van der Waals surface area contributed by atoms with Gasteiger partial charge in [-0.05, 0) is 36.5 Å². The number of rotatable bonds is 5. The fourth-order valence-corrected chi connectivity index (χ4v) is 1.36. The zero-order valence-electron chi connectivity index (χ0n) is 7.59. The summed E-state index contributed by atoms with van der Waals surface area (Å²) in [6.45, 7) is 3.44.